The van der Waals surface area contributed by atoms with Crippen molar-refractivity contribution < 1.29 is 37.3 Å². The van der Waals surface area contributed by atoms with Gasteiger partial charge in [-0.05, 0) is 33.6 Å². The van der Waals surface area contributed by atoms with E-state index >= 15 is 0 Å². The smallest absolute Gasteiger partial charge is 0.411 e. The van der Waals surface area contributed by atoms with Crippen LogP contribution in [0.3, 0.4) is 0 Å². The second-order valence-corrected chi connectivity index (χ2v) is 5.35. The number of halogens is 3. The highest BCUT2D eigenvalue weighted by Gasteiger charge is 2.27. The van der Waals surface area contributed by atoms with Crippen molar-refractivity contribution in [2.75, 3.05) is 13.2 Å². The van der Waals surface area contributed by atoms with Crippen LogP contribution in [-0.4, -0.2) is 48.2 Å². The Labute approximate surface area is 120 Å². The van der Waals surface area contributed by atoms with Crippen LogP contribution in [0.2, 0.25) is 0 Å². The molecule has 0 radical (unpaired) electrons. The lowest BCUT2D eigenvalue weighted by Gasteiger charge is -2.22. The Balaban J connectivity index is 4.09. The maximum Gasteiger partial charge on any atom is 0.411 e. The third-order valence-electron chi connectivity index (χ3n) is 2.04. The Kier molecular flexibility index (Phi) is 7.48. The van der Waals surface area contributed by atoms with E-state index in [-0.39, 0.29) is 19.4 Å². The average molecular weight is 315 g/mol. The van der Waals surface area contributed by atoms with Gasteiger partial charge in [-0.15, -0.1) is 0 Å². The topological polar surface area (TPSA) is 84.9 Å². The Morgan fingerprint density at radius 1 is 1.24 bits per heavy atom. The van der Waals surface area contributed by atoms with E-state index in [1.807, 2.05) is 0 Å². The van der Waals surface area contributed by atoms with Crippen molar-refractivity contribution in [3.63, 3.8) is 0 Å². The van der Waals surface area contributed by atoms with Gasteiger partial charge in [-0.2, -0.15) is 13.2 Å². The molecule has 0 bridgehead atoms. The summed E-state index contributed by atoms with van der Waals surface area (Å²) in [6, 6.07) is -1.24. The molecule has 0 rings (SSSR count). The molecule has 1 unspecified atom stereocenters. The van der Waals surface area contributed by atoms with Crippen molar-refractivity contribution >= 4 is 12.1 Å². The van der Waals surface area contributed by atoms with E-state index in [1.165, 1.54) is 0 Å². The molecule has 0 aliphatic rings. The van der Waals surface area contributed by atoms with Crippen molar-refractivity contribution in [1.29, 1.82) is 0 Å². The highest BCUT2D eigenvalue weighted by molar-refractivity contribution is 5.79. The van der Waals surface area contributed by atoms with Crippen molar-refractivity contribution in [2.24, 2.45) is 0 Å². The standard InChI is InChI=1S/C12H20F3NO5/c1-11(2,3)21-10(19)16-8(9(17)18)5-4-6-20-7-12(13,14)15/h8H,4-7H2,1-3H3,(H,16,19)(H,17,18). The molecule has 0 aromatic carbocycles. The van der Waals surface area contributed by atoms with Crippen LogP contribution in [0.25, 0.3) is 0 Å². The minimum absolute atomic E-state index is 0.0584. The number of rotatable bonds is 7. The molecule has 0 aromatic heterocycles. The molecule has 0 aliphatic carbocycles. The van der Waals surface area contributed by atoms with Gasteiger partial charge in [-0.3, -0.25) is 0 Å². The molecular weight excluding hydrogens is 295 g/mol. The fraction of sp³-hybridized carbons (Fsp3) is 0.833. The lowest BCUT2D eigenvalue weighted by molar-refractivity contribution is -0.174. The van der Waals surface area contributed by atoms with Gasteiger partial charge in [0.25, 0.3) is 0 Å². The van der Waals surface area contributed by atoms with Gasteiger partial charge < -0.3 is 19.9 Å². The first-order valence-electron chi connectivity index (χ1n) is 6.27. The minimum atomic E-state index is -4.42. The van der Waals surface area contributed by atoms with Crippen LogP contribution in [0.4, 0.5) is 18.0 Å². The Hall–Kier alpha value is -1.51. The minimum Gasteiger partial charge on any atom is -0.480 e. The monoisotopic (exact) mass is 315 g/mol. The number of carbonyl (C=O) groups excluding carboxylic acids is 1. The van der Waals surface area contributed by atoms with Crippen molar-refractivity contribution in [2.45, 2.75) is 51.4 Å². The second-order valence-electron chi connectivity index (χ2n) is 5.35. The zero-order valence-electron chi connectivity index (χ0n) is 12.1. The van der Waals surface area contributed by atoms with Crippen molar-refractivity contribution in [1.82, 2.24) is 5.32 Å². The summed E-state index contributed by atoms with van der Waals surface area (Å²) in [5, 5.41) is 11.1. The van der Waals surface area contributed by atoms with E-state index in [4.69, 9.17) is 9.84 Å². The number of carboxylic acids is 1. The number of hydrogen-bond acceptors (Lipinski definition) is 4. The van der Waals surface area contributed by atoms with Crippen LogP contribution in [0, 0.1) is 0 Å². The maximum absolute atomic E-state index is 11.8. The largest absolute Gasteiger partial charge is 0.480 e. The van der Waals surface area contributed by atoms with E-state index < -0.39 is 36.5 Å². The van der Waals surface area contributed by atoms with E-state index in [0.717, 1.165) is 0 Å². The second kappa shape index (κ2) is 8.06. The number of ether oxygens (including phenoxy) is 2. The highest BCUT2D eigenvalue weighted by Crippen LogP contribution is 2.14. The van der Waals surface area contributed by atoms with Gasteiger partial charge in [-0.1, -0.05) is 0 Å². The molecule has 124 valence electrons. The Morgan fingerprint density at radius 2 is 1.81 bits per heavy atom. The molecule has 0 saturated carbocycles. The first kappa shape index (κ1) is 19.5. The summed E-state index contributed by atoms with van der Waals surface area (Å²) in [5.41, 5.74) is -0.775. The lowest BCUT2D eigenvalue weighted by Crippen LogP contribution is -2.43. The number of amides is 1. The molecule has 21 heavy (non-hydrogen) atoms. The van der Waals surface area contributed by atoms with E-state index in [9.17, 15) is 22.8 Å². The Bertz CT molecular complexity index is 352. The van der Waals surface area contributed by atoms with Crippen LogP contribution in [0.15, 0.2) is 0 Å². The SMILES string of the molecule is CC(C)(C)OC(=O)NC(CCCOCC(F)(F)F)C(=O)O. The predicted octanol–water partition coefficient (Wildman–Crippen LogP) is 2.32. The van der Waals surface area contributed by atoms with Crippen LogP contribution < -0.4 is 5.32 Å². The molecule has 9 heteroatoms. The molecule has 2 N–H and O–H groups in total. The molecular formula is C12H20F3NO5. The highest BCUT2D eigenvalue weighted by atomic mass is 19.4. The van der Waals surface area contributed by atoms with Gasteiger partial charge in [0.1, 0.15) is 18.2 Å². The fourth-order valence-corrected chi connectivity index (χ4v) is 1.28. The van der Waals surface area contributed by atoms with Gasteiger partial charge in [0.2, 0.25) is 0 Å². The van der Waals surface area contributed by atoms with E-state index in [2.05, 4.69) is 10.1 Å². The third kappa shape index (κ3) is 12.0. The summed E-state index contributed by atoms with van der Waals surface area (Å²) in [7, 11) is 0. The maximum atomic E-state index is 11.8. The molecule has 0 spiro atoms. The fourth-order valence-electron chi connectivity index (χ4n) is 1.28. The Morgan fingerprint density at radius 3 is 2.24 bits per heavy atom. The van der Waals surface area contributed by atoms with Crippen molar-refractivity contribution in [3.8, 4) is 0 Å². The first-order valence-corrected chi connectivity index (χ1v) is 6.27. The summed E-state index contributed by atoms with van der Waals surface area (Å²) in [6.45, 7) is 3.22. The van der Waals surface area contributed by atoms with Gasteiger partial charge in [0, 0.05) is 6.61 Å². The number of aliphatic carboxylic acids is 1. The predicted molar refractivity (Wildman–Crippen MR) is 66.9 cm³/mol. The third-order valence-corrected chi connectivity index (χ3v) is 2.04. The number of hydrogen-bond donors (Lipinski definition) is 2. The first-order chi connectivity index (χ1) is 9.41. The normalized spacial score (nSPS) is 13.6. The number of carbonyl (C=O) groups is 2. The zero-order valence-corrected chi connectivity index (χ0v) is 12.1. The number of nitrogens with one attached hydrogen (secondary N) is 1. The quantitative estimate of drug-likeness (QED) is 0.704. The summed E-state index contributed by atoms with van der Waals surface area (Å²) in [4.78, 5) is 22.3. The molecule has 1 amide bonds. The lowest BCUT2D eigenvalue weighted by atomic mass is 10.1. The van der Waals surface area contributed by atoms with Crippen LogP contribution in [-0.2, 0) is 14.3 Å². The number of alkyl halides is 3. The van der Waals surface area contributed by atoms with Gasteiger partial charge in [0.05, 0.1) is 0 Å². The average Bonchev–Trinajstić information content (AvgIpc) is 2.22. The van der Waals surface area contributed by atoms with Gasteiger partial charge in [-0.25, -0.2) is 9.59 Å². The molecule has 0 heterocycles. The molecule has 0 fully saturated rings. The van der Waals surface area contributed by atoms with Crippen molar-refractivity contribution in [3.05, 3.63) is 0 Å². The molecule has 0 aliphatic heterocycles. The van der Waals surface area contributed by atoms with E-state index in [1.54, 1.807) is 20.8 Å². The van der Waals surface area contributed by atoms with Gasteiger partial charge >= 0.3 is 18.2 Å². The van der Waals surface area contributed by atoms with Crippen LogP contribution in [0.5, 0.6) is 0 Å². The summed E-state index contributed by atoms with van der Waals surface area (Å²) >= 11 is 0. The van der Waals surface area contributed by atoms with Gasteiger partial charge in [0.15, 0.2) is 0 Å². The molecule has 0 aromatic rings. The number of alkyl carbamates (subject to hydrolysis) is 1. The summed E-state index contributed by atoms with van der Waals surface area (Å²) in [5.74, 6) is -1.29. The molecule has 0 saturated heterocycles. The van der Waals surface area contributed by atoms with Crippen LogP contribution in [0.1, 0.15) is 33.6 Å². The molecule has 1 atom stereocenters. The summed E-state index contributed by atoms with van der Waals surface area (Å²) < 4.78 is 44.7. The molecule has 6 nitrogen and oxygen atoms in total. The summed E-state index contributed by atoms with van der Waals surface area (Å²) in [6.07, 6.45) is -5.32. The van der Waals surface area contributed by atoms with E-state index in [0.29, 0.717) is 0 Å². The zero-order chi connectivity index (χ0) is 16.7. The van der Waals surface area contributed by atoms with Crippen LogP contribution >= 0.6 is 0 Å². The number of carboxylic acid groups (broad SMARTS) is 1.